The third kappa shape index (κ3) is 4.78. The summed E-state index contributed by atoms with van der Waals surface area (Å²) in [6.45, 7) is 6.19. The maximum absolute atomic E-state index is 12.3. The number of esters is 1. The third-order valence-corrected chi connectivity index (χ3v) is 3.69. The molecule has 0 N–H and O–H groups in total. The lowest BCUT2D eigenvalue weighted by Gasteiger charge is -2.13. The monoisotopic (exact) mass is 310 g/mol. The molecule has 0 radical (unpaired) electrons. The summed E-state index contributed by atoms with van der Waals surface area (Å²) < 4.78 is 5.37. The summed E-state index contributed by atoms with van der Waals surface area (Å²) in [6, 6.07) is 14.7. The molecule has 0 aliphatic carbocycles. The Labute approximate surface area is 137 Å². The first-order valence-electron chi connectivity index (χ1n) is 7.85. The molecule has 2 aromatic carbocycles. The zero-order chi connectivity index (χ0) is 16.8. The Morgan fingerprint density at radius 2 is 1.78 bits per heavy atom. The van der Waals surface area contributed by atoms with E-state index in [1.807, 2.05) is 19.1 Å². The smallest absolute Gasteiger partial charge is 0.318 e. The molecular formula is C20H22O3. The van der Waals surface area contributed by atoms with E-state index in [0.29, 0.717) is 17.2 Å². The van der Waals surface area contributed by atoms with Crippen LogP contribution in [-0.2, 0) is 11.2 Å². The number of hydrogen-bond donors (Lipinski definition) is 0. The van der Waals surface area contributed by atoms with Crippen molar-refractivity contribution in [3.05, 3.63) is 65.2 Å². The fourth-order valence-corrected chi connectivity index (χ4v) is 2.41. The SMILES string of the molecule is CC(C)Cc1ccc(C(C)C(=O)Oc2cccc(C=O)c2)cc1. The normalized spacial score (nSPS) is 12.0. The minimum atomic E-state index is -0.358. The largest absolute Gasteiger partial charge is 0.426 e. The molecule has 120 valence electrons. The molecule has 0 amide bonds. The summed E-state index contributed by atoms with van der Waals surface area (Å²) in [4.78, 5) is 23.0. The molecule has 0 fully saturated rings. The molecule has 3 heteroatoms. The van der Waals surface area contributed by atoms with Gasteiger partial charge >= 0.3 is 5.97 Å². The zero-order valence-electron chi connectivity index (χ0n) is 13.8. The molecule has 2 rings (SSSR count). The quantitative estimate of drug-likeness (QED) is 0.451. The topological polar surface area (TPSA) is 43.4 Å². The van der Waals surface area contributed by atoms with E-state index in [1.54, 1.807) is 24.3 Å². The van der Waals surface area contributed by atoms with E-state index in [9.17, 15) is 9.59 Å². The van der Waals surface area contributed by atoms with E-state index >= 15 is 0 Å². The van der Waals surface area contributed by atoms with Crippen LogP contribution in [0.15, 0.2) is 48.5 Å². The summed E-state index contributed by atoms with van der Waals surface area (Å²) in [5.74, 6) is 0.309. The Balaban J connectivity index is 2.05. The lowest BCUT2D eigenvalue weighted by Crippen LogP contribution is -2.16. The highest BCUT2D eigenvalue weighted by atomic mass is 16.5. The Hall–Kier alpha value is -2.42. The third-order valence-electron chi connectivity index (χ3n) is 3.69. The highest BCUT2D eigenvalue weighted by Gasteiger charge is 2.17. The summed E-state index contributed by atoms with van der Waals surface area (Å²) in [7, 11) is 0. The van der Waals surface area contributed by atoms with Gasteiger partial charge in [-0.15, -0.1) is 0 Å². The van der Waals surface area contributed by atoms with E-state index in [1.165, 1.54) is 5.56 Å². The van der Waals surface area contributed by atoms with Gasteiger partial charge in [0, 0.05) is 5.56 Å². The summed E-state index contributed by atoms with van der Waals surface area (Å²) in [5, 5.41) is 0. The van der Waals surface area contributed by atoms with E-state index in [2.05, 4.69) is 26.0 Å². The number of carbonyl (C=O) groups is 2. The molecule has 0 aromatic heterocycles. The van der Waals surface area contributed by atoms with Crippen LogP contribution in [0.5, 0.6) is 5.75 Å². The predicted octanol–water partition coefficient (Wildman–Crippen LogP) is 4.41. The molecule has 0 aliphatic rings. The molecule has 0 spiro atoms. The molecule has 1 unspecified atom stereocenters. The lowest BCUT2D eigenvalue weighted by atomic mass is 9.97. The molecule has 1 atom stereocenters. The molecule has 0 bridgehead atoms. The van der Waals surface area contributed by atoms with Crippen molar-refractivity contribution in [3.8, 4) is 5.75 Å². The molecule has 23 heavy (non-hydrogen) atoms. The first kappa shape index (κ1) is 16.9. The first-order valence-corrected chi connectivity index (χ1v) is 7.85. The average molecular weight is 310 g/mol. The van der Waals surface area contributed by atoms with Gasteiger partial charge in [0.05, 0.1) is 5.92 Å². The van der Waals surface area contributed by atoms with Crippen molar-refractivity contribution in [2.75, 3.05) is 0 Å². The fraction of sp³-hybridized carbons (Fsp3) is 0.300. The highest BCUT2D eigenvalue weighted by molar-refractivity contribution is 5.81. The van der Waals surface area contributed by atoms with Crippen molar-refractivity contribution < 1.29 is 14.3 Å². The fourth-order valence-electron chi connectivity index (χ4n) is 2.41. The van der Waals surface area contributed by atoms with Crippen LogP contribution in [0.1, 0.15) is 48.2 Å². The van der Waals surface area contributed by atoms with Crippen molar-refractivity contribution in [1.29, 1.82) is 0 Å². The molecule has 0 aliphatic heterocycles. The summed E-state index contributed by atoms with van der Waals surface area (Å²) in [6.07, 6.45) is 1.76. The molecular weight excluding hydrogens is 288 g/mol. The predicted molar refractivity (Wildman–Crippen MR) is 90.9 cm³/mol. The Kier molecular flexibility index (Phi) is 5.69. The van der Waals surface area contributed by atoms with Gasteiger partial charge in [-0.2, -0.15) is 0 Å². The van der Waals surface area contributed by atoms with Gasteiger partial charge in [-0.25, -0.2) is 0 Å². The van der Waals surface area contributed by atoms with Crippen LogP contribution in [0.4, 0.5) is 0 Å². The van der Waals surface area contributed by atoms with Crippen LogP contribution in [0.25, 0.3) is 0 Å². The zero-order valence-corrected chi connectivity index (χ0v) is 13.8. The Morgan fingerprint density at radius 1 is 1.09 bits per heavy atom. The van der Waals surface area contributed by atoms with Gasteiger partial charge in [0.2, 0.25) is 0 Å². The second-order valence-corrected chi connectivity index (χ2v) is 6.17. The van der Waals surface area contributed by atoms with Gasteiger partial charge in [-0.3, -0.25) is 9.59 Å². The van der Waals surface area contributed by atoms with Crippen molar-refractivity contribution >= 4 is 12.3 Å². The van der Waals surface area contributed by atoms with Crippen LogP contribution >= 0.6 is 0 Å². The van der Waals surface area contributed by atoms with Crippen molar-refractivity contribution in [1.82, 2.24) is 0 Å². The van der Waals surface area contributed by atoms with Crippen molar-refractivity contribution in [3.63, 3.8) is 0 Å². The molecule has 2 aromatic rings. The number of carbonyl (C=O) groups excluding carboxylic acids is 2. The average Bonchev–Trinajstić information content (AvgIpc) is 2.54. The Bertz CT molecular complexity index is 672. The van der Waals surface area contributed by atoms with Crippen molar-refractivity contribution in [2.24, 2.45) is 5.92 Å². The molecule has 0 heterocycles. The second kappa shape index (κ2) is 7.73. The Morgan fingerprint density at radius 3 is 2.39 bits per heavy atom. The van der Waals surface area contributed by atoms with Crippen LogP contribution in [0.3, 0.4) is 0 Å². The van der Waals surface area contributed by atoms with Crippen LogP contribution in [0, 0.1) is 5.92 Å². The second-order valence-electron chi connectivity index (χ2n) is 6.17. The number of aldehydes is 1. The standard InChI is InChI=1S/C20H22O3/c1-14(2)11-16-7-9-18(10-8-16)15(3)20(22)23-19-6-4-5-17(12-19)13-21/h4-10,12-15H,11H2,1-3H3. The number of benzene rings is 2. The van der Waals surface area contributed by atoms with E-state index in [-0.39, 0.29) is 11.9 Å². The number of hydrogen-bond acceptors (Lipinski definition) is 3. The van der Waals surface area contributed by atoms with Gasteiger partial charge < -0.3 is 4.74 Å². The maximum atomic E-state index is 12.3. The number of ether oxygens (including phenoxy) is 1. The van der Waals surface area contributed by atoms with Gasteiger partial charge in [-0.05, 0) is 42.5 Å². The first-order chi connectivity index (χ1) is 11.0. The molecule has 0 saturated carbocycles. The van der Waals surface area contributed by atoms with Gasteiger partial charge in [0.25, 0.3) is 0 Å². The van der Waals surface area contributed by atoms with Crippen LogP contribution in [-0.4, -0.2) is 12.3 Å². The molecule has 3 nitrogen and oxygen atoms in total. The van der Waals surface area contributed by atoms with Crippen LogP contribution in [0.2, 0.25) is 0 Å². The minimum absolute atomic E-state index is 0.329. The van der Waals surface area contributed by atoms with E-state index < -0.39 is 0 Å². The molecule has 0 saturated heterocycles. The lowest BCUT2D eigenvalue weighted by molar-refractivity contribution is -0.135. The van der Waals surface area contributed by atoms with E-state index in [0.717, 1.165) is 18.3 Å². The van der Waals surface area contributed by atoms with Gasteiger partial charge in [0.15, 0.2) is 0 Å². The minimum Gasteiger partial charge on any atom is -0.426 e. The maximum Gasteiger partial charge on any atom is 0.318 e. The van der Waals surface area contributed by atoms with Gasteiger partial charge in [0.1, 0.15) is 12.0 Å². The van der Waals surface area contributed by atoms with E-state index in [4.69, 9.17) is 4.74 Å². The van der Waals surface area contributed by atoms with Crippen LogP contribution < -0.4 is 4.74 Å². The summed E-state index contributed by atoms with van der Waals surface area (Å²) >= 11 is 0. The van der Waals surface area contributed by atoms with Gasteiger partial charge in [-0.1, -0.05) is 50.2 Å². The number of rotatable bonds is 6. The van der Waals surface area contributed by atoms with Crippen molar-refractivity contribution in [2.45, 2.75) is 33.1 Å². The summed E-state index contributed by atoms with van der Waals surface area (Å²) in [5.41, 5.74) is 2.68. The highest BCUT2D eigenvalue weighted by Crippen LogP contribution is 2.21.